The average molecular weight is 505 g/mol. The summed E-state index contributed by atoms with van der Waals surface area (Å²) in [5, 5.41) is 0. The molecular weight excluding hydrogens is 490 g/mol. The van der Waals surface area contributed by atoms with Crippen LogP contribution in [0.2, 0.25) is 0 Å². The Balaban J connectivity index is 2.99. The van der Waals surface area contributed by atoms with Gasteiger partial charge in [-0.3, -0.25) is 4.98 Å². The first kappa shape index (κ1) is 28.3. The molecule has 1 aromatic heterocycles. The van der Waals surface area contributed by atoms with Crippen LogP contribution in [0.4, 0.5) is 0 Å². The van der Waals surface area contributed by atoms with Crippen LogP contribution in [-0.2, 0) is 13.1 Å². The van der Waals surface area contributed by atoms with Crippen LogP contribution in [0.3, 0.4) is 0 Å². The minimum Gasteiger partial charge on any atom is -0.687 e. The van der Waals surface area contributed by atoms with Gasteiger partial charge in [0.25, 0.3) is 0 Å². The molecule has 0 saturated heterocycles. The van der Waals surface area contributed by atoms with Crippen LogP contribution in [0.15, 0.2) is 18.2 Å². The molecule has 1 heterocycles. The molecule has 1 aromatic rings. The summed E-state index contributed by atoms with van der Waals surface area (Å²) < 4.78 is 0. The van der Waals surface area contributed by atoms with E-state index in [2.05, 4.69) is 4.98 Å². The Hall–Kier alpha value is 0.310. The van der Waals surface area contributed by atoms with Gasteiger partial charge in [0.05, 0.1) is 36.5 Å². The van der Waals surface area contributed by atoms with E-state index >= 15 is 0 Å². The van der Waals surface area contributed by atoms with Gasteiger partial charge in [-0.15, -0.1) is 31.8 Å². The van der Waals surface area contributed by atoms with Crippen LogP contribution >= 0.6 is 31.8 Å². The van der Waals surface area contributed by atoms with Crippen LogP contribution in [0.1, 0.15) is 11.4 Å². The quantitative estimate of drug-likeness (QED) is 0.238. The summed E-state index contributed by atoms with van der Waals surface area (Å²) in [6.07, 6.45) is -5.15. The molecule has 0 unspecified atom stereocenters. The minimum absolute atomic E-state index is 0.0609. The number of rotatable bonds is 12. The minimum atomic E-state index is -5.24. The Kier molecular flexibility index (Phi) is 10.3. The van der Waals surface area contributed by atoms with E-state index in [4.69, 9.17) is 0 Å². The van der Waals surface area contributed by atoms with Gasteiger partial charge in [-0.1, -0.05) is 6.07 Å². The molecule has 0 fully saturated rings. The van der Waals surface area contributed by atoms with Crippen molar-refractivity contribution in [1.82, 2.24) is 14.8 Å². The van der Waals surface area contributed by atoms with Crippen LogP contribution < -0.4 is 58.7 Å². The smallest absolute Gasteiger partial charge is 0.0974 e. The van der Waals surface area contributed by atoms with Gasteiger partial charge in [0.15, 0.2) is 0 Å². The van der Waals surface area contributed by atoms with Gasteiger partial charge in [-0.25, -0.2) is 9.80 Å². The molecule has 174 valence electrons. The third kappa shape index (κ3) is 14.4. The summed E-state index contributed by atoms with van der Waals surface area (Å²) in [6.45, 7) is -1.17. The van der Waals surface area contributed by atoms with Gasteiger partial charge in [0.2, 0.25) is 0 Å². The van der Waals surface area contributed by atoms with E-state index < -0.39 is 70.0 Å². The highest BCUT2D eigenvalue weighted by Gasteiger charge is 2.18. The first-order valence-corrected chi connectivity index (χ1v) is 14.7. The Morgan fingerprint density at radius 1 is 0.533 bits per heavy atom. The van der Waals surface area contributed by atoms with E-state index in [0.29, 0.717) is 9.80 Å². The molecule has 0 aliphatic heterocycles. The predicted molar refractivity (Wildman–Crippen MR) is 82.5 cm³/mol. The average Bonchev–Trinajstić information content (AvgIpc) is 2.39. The van der Waals surface area contributed by atoms with E-state index in [-0.39, 0.29) is 11.4 Å². The summed E-state index contributed by atoms with van der Waals surface area (Å²) in [4.78, 5) is 136. The molecule has 19 heteroatoms. The highest BCUT2D eigenvalue weighted by molar-refractivity contribution is 7.55. The molecule has 0 aliphatic rings. The number of nitrogens with zero attached hydrogens (tertiary/aromatic N) is 3. The highest BCUT2D eigenvalue weighted by atomic mass is 31.2. The molecule has 0 saturated carbocycles. The molecular formula is C11H15N3O12P4-8. The van der Waals surface area contributed by atoms with Crippen molar-refractivity contribution in [3.8, 4) is 0 Å². The van der Waals surface area contributed by atoms with Crippen molar-refractivity contribution in [3.05, 3.63) is 29.6 Å². The third-order valence-electron chi connectivity index (χ3n) is 3.13. The van der Waals surface area contributed by atoms with Gasteiger partial charge >= 0.3 is 0 Å². The molecule has 0 aliphatic carbocycles. The monoisotopic (exact) mass is 505 g/mol. The highest BCUT2D eigenvalue weighted by Crippen LogP contribution is 2.36. The van der Waals surface area contributed by atoms with Gasteiger partial charge in [-0.05, 0) is 12.1 Å². The molecule has 0 amide bonds. The molecule has 0 bridgehead atoms. The fraction of sp³-hybridized carbons (Fsp3) is 0.545. The number of hydrogen-bond donors (Lipinski definition) is 0. The Bertz CT molecular complexity index is 590. The fourth-order valence-electron chi connectivity index (χ4n) is 2.43. The molecule has 0 radical (unpaired) electrons. The Morgan fingerprint density at radius 2 is 0.800 bits per heavy atom. The van der Waals surface area contributed by atoms with E-state index in [1.54, 1.807) is 0 Å². The molecule has 15 nitrogen and oxygen atoms in total. The number of aromatic nitrogens is 1. The van der Waals surface area contributed by atoms with E-state index in [0.717, 1.165) is 0 Å². The largest absolute Gasteiger partial charge is 0.687 e. The Morgan fingerprint density at radius 3 is 1.03 bits per heavy atom. The van der Waals surface area contributed by atoms with Crippen LogP contribution in [0.5, 0.6) is 0 Å². The second kappa shape index (κ2) is 11.0. The standard InChI is InChI=1S/C11H23N3O12P4/c15-27(16,17)6-13(7-28(18,19)20)4-10-2-1-3-11(12-10)5-14(8-29(21,22)23)9-30(24,25)26/h1-3H,4-9H2,(H2,15,16,17)(H2,18,19,20)(H2,21,22,23)(H2,24,25,26)/p-8. The second-order valence-corrected chi connectivity index (χ2v) is 12.3. The van der Waals surface area contributed by atoms with Crippen molar-refractivity contribution < 1.29 is 58.7 Å². The lowest BCUT2D eigenvalue weighted by Crippen LogP contribution is -2.46. The third-order valence-corrected chi connectivity index (χ3v) is 6.11. The lowest BCUT2D eigenvalue weighted by atomic mass is 10.3. The van der Waals surface area contributed by atoms with Crippen LogP contribution in [-0.4, -0.2) is 39.9 Å². The second-order valence-electron chi connectivity index (χ2n) is 6.29. The zero-order valence-corrected chi connectivity index (χ0v) is 18.6. The van der Waals surface area contributed by atoms with E-state index in [1.807, 2.05) is 0 Å². The number of pyridine rings is 1. The zero-order valence-electron chi connectivity index (χ0n) is 15.0. The van der Waals surface area contributed by atoms with Crippen LogP contribution in [0, 0.1) is 0 Å². The fourth-order valence-corrected chi connectivity index (χ4v) is 5.51. The lowest BCUT2D eigenvalue weighted by molar-refractivity contribution is -0.436. The maximum Gasteiger partial charge on any atom is 0.0974 e. The molecule has 0 aromatic carbocycles. The lowest BCUT2D eigenvalue weighted by Gasteiger charge is -2.49. The van der Waals surface area contributed by atoms with E-state index in [9.17, 15) is 58.7 Å². The summed E-state index contributed by atoms with van der Waals surface area (Å²) in [7, 11) is -20.9. The molecule has 1 rings (SSSR count). The van der Waals surface area contributed by atoms with Gasteiger partial charge in [-0.2, -0.15) is 0 Å². The molecule has 0 N–H and O–H groups in total. The van der Waals surface area contributed by atoms with Crippen molar-refractivity contribution in [2.75, 3.05) is 25.1 Å². The maximum atomic E-state index is 10.9. The Labute approximate surface area is 173 Å². The first-order valence-electron chi connectivity index (χ1n) is 7.75. The predicted octanol–water partition coefficient (Wildman–Crippen LogP) is -10.1. The van der Waals surface area contributed by atoms with Gasteiger partial charge < -0.3 is 58.7 Å². The van der Waals surface area contributed by atoms with Crippen LogP contribution in [0.25, 0.3) is 0 Å². The zero-order chi connectivity index (χ0) is 23.4. The van der Waals surface area contributed by atoms with Crippen molar-refractivity contribution >= 4 is 31.8 Å². The first-order chi connectivity index (χ1) is 13.3. The summed E-state index contributed by atoms with van der Waals surface area (Å²) >= 11 is 0. The van der Waals surface area contributed by atoms with Gasteiger partial charge in [0.1, 0.15) is 0 Å². The molecule has 0 atom stereocenters. The van der Waals surface area contributed by atoms with Crippen molar-refractivity contribution in [2.24, 2.45) is 0 Å². The topological polar surface area (TPSA) is 296 Å². The molecule has 0 spiro atoms. The molecule has 30 heavy (non-hydrogen) atoms. The summed E-state index contributed by atoms with van der Waals surface area (Å²) in [5.74, 6) is 0. The summed E-state index contributed by atoms with van der Waals surface area (Å²) in [5.41, 5.74) is -0.122. The SMILES string of the molecule is [O-][P+]([O-])([O-])CN(Cc1cccc(CN(C[P+]([O-])([O-])[O-])C[P+]([O-])([O-])[O-])n1)C[P+]([O-])([O-])[O-]. The summed E-state index contributed by atoms with van der Waals surface area (Å²) in [6, 6.07) is 3.79. The van der Waals surface area contributed by atoms with E-state index in [1.165, 1.54) is 18.2 Å². The number of hydrogen-bond acceptors (Lipinski definition) is 15. The normalized spacial score (nSPS) is 14.1. The van der Waals surface area contributed by atoms with Crippen molar-refractivity contribution in [1.29, 1.82) is 0 Å². The van der Waals surface area contributed by atoms with Crippen molar-refractivity contribution in [3.63, 3.8) is 0 Å². The maximum absolute atomic E-state index is 10.9. The van der Waals surface area contributed by atoms with Gasteiger partial charge in [0, 0.05) is 13.1 Å². The van der Waals surface area contributed by atoms with Crippen molar-refractivity contribution in [2.45, 2.75) is 13.1 Å².